The number of hydrogen-bond acceptors (Lipinski definition) is 2. The van der Waals surface area contributed by atoms with Crippen molar-refractivity contribution in [3.8, 4) is 0 Å². The van der Waals surface area contributed by atoms with Crippen LogP contribution < -0.4 is 0 Å². The number of rotatable bonds is 2. The largest absolute Gasteiger partial charge is 0.362 e. The highest BCUT2D eigenvalue weighted by Crippen LogP contribution is 2.20. The van der Waals surface area contributed by atoms with E-state index in [9.17, 15) is 10.2 Å². The van der Waals surface area contributed by atoms with Crippen LogP contribution in [0.1, 0.15) is 18.9 Å². The van der Waals surface area contributed by atoms with Crippen LogP contribution in [-0.4, -0.2) is 15.6 Å². The number of alkyl halides is 2. The maximum atomic E-state index is 9.35. The molecule has 1 aromatic rings. The molecular weight excluding hydrogens is 223 g/mol. The summed E-state index contributed by atoms with van der Waals surface area (Å²) in [6.07, 6.45) is 0.303. The number of halogens is 2. The molecule has 80 valence electrons. The molecule has 0 saturated heterocycles. The van der Waals surface area contributed by atoms with Gasteiger partial charge in [0.2, 0.25) is 0 Å². The molecule has 0 heterocycles. The second kappa shape index (κ2) is 7.07. The molecule has 0 fully saturated rings. The fraction of sp³-hybridized carbons (Fsp3) is 0.400. The molecule has 1 aromatic carbocycles. The lowest BCUT2D eigenvalue weighted by atomic mass is 10.0. The summed E-state index contributed by atoms with van der Waals surface area (Å²) in [5.74, 6) is -1.67. The third-order valence-electron chi connectivity index (χ3n) is 1.73. The van der Waals surface area contributed by atoms with Crippen molar-refractivity contribution in [2.45, 2.75) is 19.1 Å². The van der Waals surface area contributed by atoms with E-state index in [2.05, 4.69) is 0 Å². The van der Waals surface area contributed by atoms with Crippen LogP contribution in [0.2, 0.25) is 0 Å². The van der Waals surface area contributed by atoms with Gasteiger partial charge in [-0.3, -0.25) is 0 Å². The second-order valence-electron chi connectivity index (χ2n) is 2.64. The molecule has 2 nitrogen and oxygen atoms in total. The normalized spacial score (nSPS) is 10.4. The highest BCUT2D eigenvalue weighted by Gasteiger charge is 2.21. The van der Waals surface area contributed by atoms with Crippen molar-refractivity contribution in [1.82, 2.24) is 0 Å². The first-order chi connectivity index (χ1) is 6.58. The van der Waals surface area contributed by atoms with E-state index in [0.717, 1.165) is 0 Å². The van der Waals surface area contributed by atoms with E-state index in [-0.39, 0.29) is 5.34 Å². The second-order valence-corrected chi connectivity index (χ2v) is 3.45. The molecular formula is C10H14Cl2O2. The van der Waals surface area contributed by atoms with Gasteiger partial charge in [-0.05, 0) is 0 Å². The first-order valence-corrected chi connectivity index (χ1v) is 5.27. The molecule has 0 aliphatic carbocycles. The Morgan fingerprint density at radius 1 is 1.14 bits per heavy atom. The molecule has 0 aliphatic heterocycles. The van der Waals surface area contributed by atoms with E-state index in [1.807, 2.05) is 6.07 Å². The standard InChI is InChI=1S/C9H12O2.CH2Cl2/c1-2-9(10,11)8-6-4-3-5-7-8;2-1-3/h3-7,10-11H,2H2,1H3;1H2. The smallest absolute Gasteiger partial charge is 0.189 e. The zero-order valence-electron chi connectivity index (χ0n) is 7.95. The zero-order valence-corrected chi connectivity index (χ0v) is 9.46. The van der Waals surface area contributed by atoms with Crippen LogP contribution in [0.15, 0.2) is 30.3 Å². The highest BCUT2D eigenvalue weighted by molar-refractivity contribution is 6.40. The first-order valence-electron chi connectivity index (χ1n) is 4.20. The maximum Gasteiger partial charge on any atom is 0.189 e. The fourth-order valence-corrected chi connectivity index (χ4v) is 0.909. The third kappa shape index (κ3) is 4.82. The van der Waals surface area contributed by atoms with Crippen molar-refractivity contribution >= 4 is 23.2 Å². The van der Waals surface area contributed by atoms with Crippen LogP contribution in [0.5, 0.6) is 0 Å². The van der Waals surface area contributed by atoms with Gasteiger partial charge in [0.25, 0.3) is 0 Å². The van der Waals surface area contributed by atoms with Crippen LogP contribution >= 0.6 is 23.2 Å². The van der Waals surface area contributed by atoms with E-state index < -0.39 is 5.79 Å². The summed E-state index contributed by atoms with van der Waals surface area (Å²) < 4.78 is 0. The third-order valence-corrected chi connectivity index (χ3v) is 1.73. The van der Waals surface area contributed by atoms with Gasteiger partial charge in [0.1, 0.15) is 0 Å². The van der Waals surface area contributed by atoms with E-state index in [1.165, 1.54) is 0 Å². The van der Waals surface area contributed by atoms with Gasteiger partial charge in [0.05, 0.1) is 5.34 Å². The van der Waals surface area contributed by atoms with Crippen molar-refractivity contribution < 1.29 is 10.2 Å². The van der Waals surface area contributed by atoms with Crippen molar-refractivity contribution in [3.63, 3.8) is 0 Å². The average Bonchev–Trinajstić information content (AvgIpc) is 2.20. The summed E-state index contributed by atoms with van der Waals surface area (Å²) in [5, 5.41) is 18.9. The van der Waals surface area contributed by atoms with Gasteiger partial charge in [0.15, 0.2) is 5.79 Å². The van der Waals surface area contributed by atoms with Crippen LogP contribution in [0.4, 0.5) is 0 Å². The van der Waals surface area contributed by atoms with Crippen molar-refractivity contribution in [2.24, 2.45) is 0 Å². The summed E-state index contributed by atoms with van der Waals surface area (Å²) in [6.45, 7) is 1.73. The zero-order chi connectivity index (χ0) is 11.0. The Labute approximate surface area is 94.1 Å². The minimum atomic E-state index is -1.67. The predicted octanol–water partition coefficient (Wildman–Crippen LogP) is 2.66. The number of benzene rings is 1. The molecule has 4 heteroatoms. The Hall–Kier alpha value is -0.280. The van der Waals surface area contributed by atoms with Crippen LogP contribution in [0.25, 0.3) is 0 Å². The van der Waals surface area contributed by atoms with Crippen molar-refractivity contribution in [2.75, 3.05) is 5.34 Å². The Balaban J connectivity index is 0.000000500. The maximum absolute atomic E-state index is 9.35. The van der Waals surface area contributed by atoms with Crippen LogP contribution in [0, 0.1) is 0 Å². The lowest BCUT2D eigenvalue weighted by Gasteiger charge is -2.19. The summed E-state index contributed by atoms with van der Waals surface area (Å²) in [6, 6.07) is 8.81. The molecule has 1 rings (SSSR count). The monoisotopic (exact) mass is 236 g/mol. The molecule has 0 radical (unpaired) electrons. The van der Waals surface area contributed by atoms with E-state index in [4.69, 9.17) is 23.2 Å². The summed E-state index contributed by atoms with van der Waals surface area (Å²) in [5.41, 5.74) is 0.544. The lowest BCUT2D eigenvalue weighted by molar-refractivity contribution is -0.171. The summed E-state index contributed by atoms with van der Waals surface area (Å²) in [7, 11) is 0. The van der Waals surface area contributed by atoms with E-state index in [1.54, 1.807) is 31.2 Å². The van der Waals surface area contributed by atoms with E-state index in [0.29, 0.717) is 12.0 Å². The molecule has 0 bridgehead atoms. The molecule has 0 unspecified atom stereocenters. The summed E-state index contributed by atoms with van der Waals surface area (Å²) >= 11 is 9.53. The Morgan fingerprint density at radius 2 is 1.57 bits per heavy atom. The minimum absolute atomic E-state index is 0.194. The van der Waals surface area contributed by atoms with Gasteiger partial charge in [-0.25, -0.2) is 0 Å². The van der Waals surface area contributed by atoms with Crippen LogP contribution in [-0.2, 0) is 5.79 Å². The van der Waals surface area contributed by atoms with Gasteiger partial charge in [-0.1, -0.05) is 37.3 Å². The highest BCUT2D eigenvalue weighted by atomic mass is 35.5. The minimum Gasteiger partial charge on any atom is -0.362 e. The Kier molecular flexibility index (Phi) is 6.93. The molecule has 14 heavy (non-hydrogen) atoms. The van der Waals surface area contributed by atoms with Gasteiger partial charge < -0.3 is 10.2 Å². The van der Waals surface area contributed by atoms with Crippen LogP contribution in [0.3, 0.4) is 0 Å². The SMILES string of the molecule is CCC(O)(O)c1ccccc1.ClCCl. The molecule has 0 amide bonds. The average molecular weight is 237 g/mol. The fourth-order valence-electron chi connectivity index (χ4n) is 0.909. The Morgan fingerprint density at radius 3 is 1.93 bits per heavy atom. The molecule has 2 N–H and O–H groups in total. The summed E-state index contributed by atoms with van der Waals surface area (Å²) in [4.78, 5) is 0. The first kappa shape index (κ1) is 13.7. The van der Waals surface area contributed by atoms with Crippen molar-refractivity contribution in [3.05, 3.63) is 35.9 Å². The predicted molar refractivity (Wildman–Crippen MR) is 59.4 cm³/mol. The van der Waals surface area contributed by atoms with E-state index >= 15 is 0 Å². The molecule has 0 spiro atoms. The molecule has 0 aromatic heterocycles. The number of aliphatic hydroxyl groups is 2. The quantitative estimate of drug-likeness (QED) is 0.613. The van der Waals surface area contributed by atoms with Gasteiger partial charge >= 0.3 is 0 Å². The topological polar surface area (TPSA) is 40.5 Å². The van der Waals surface area contributed by atoms with Gasteiger partial charge in [-0.15, -0.1) is 23.2 Å². The van der Waals surface area contributed by atoms with Gasteiger partial charge in [0, 0.05) is 12.0 Å². The number of hydrogen-bond donors (Lipinski definition) is 2. The lowest BCUT2D eigenvalue weighted by Crippen LogP contribution is -2.23. The molecule has 0 atom stereocenters. The molecule has 0 saturated carbocycles. The Bertz CT molecular complexity index is 237. The van der Waals surface area contributed by atoms with Gasteiger partial charge in [-0.2, -0.15) is 0 Å². The molecule has 0 aliphatic rings. The van der Waals surface area contributed by atoms with Crippen molar-refractivity contribution in [1.29, 1.82) is 0 Å².